The summed E-state index contributed by atoms with van der Waals surface area (Å²) in [5.41, 5.74) is 2.37. The Kier molecular flexibility index (Phi) is 7.60. The largest absolute Gasteiger partial charge is 0.478 e. The average molecular weight is 278 g/mol. The average Bonchev–Trinajstić information content (AvgIpc) is 2.38. The van der Waals surface area contributed by atoms with Crippen LogP contribution in [-0.4, -0.2) is 18.1 Å². The van der Waals surface area contributed by atoms with Crippen molar-refractivity contribution in [2.45, 2.75) is 59.9 Å². The molecule has 0 saturated heterocycles. The van der Waals surface area contributed by atoms with Gasteiger partial charge in [0.1, 0.15) is 0 Å². The number of nitrogens with zero attached hydrogens (tertiary/aromatic N) is 1. The van der Waals surface area contributed by atoms with Gasteiger partial charge in [0.2, 0.25) is 5.88 Å². The second kappa shape index (κ2) is 8.96. The molecule has 3 nitrogen and oxygen atoms in total. The zero-order chi connectivity index (χ0) is 15.0. The van der Waals surface area contributed by atoms with Crippen LogP contribution < -0.4 is 10.1 Å². The predicted octanol–water partition coefficient (Wildman–Crippen LogP) is 4.13. The van der Waals surface area contributed by atoms with Gasteiger partial charge in [0.05, 0.1) is 6.61 Å². The van der Waals surface area contributed by atoms with Gasteiger partial charge < -0.3 is 10.1 Å². The van der Waals surface area contributed by atoms with Gasteiger partial charge in [0.25, 0.3) is 0 Å². The SMILES string of the molecule is CCCCOc1cc(CNCC(C)C)cc(C(C)C)n1. The number of pyridine rings is 1. The highest BCUT2D eigenvalue weighted by molar-refractivity contribution is 5.26. The molecule has 1 aromatic rings. The van der Waals surface area contributed by atoms with Crippen LogP contribution in [0.3, 0.4) is 0 Å². The molecule has 3 heteroatoms. The van der Waals surface area contributed by atoms with E-state index in [2.05, 4.69) is 57.1 Å². The topological polar surface area (TPSA) is 34.1 Å². The van der Waals surface area contributed by atoms with E-state index in [0.29, 0.717) is 11.8 Å². The molecule has 20 heavy (non-hydrogen) atoms. The summed E-state index contributed by atoms with van der Waals surface area (Å²) in [5.74, 6) is 1.86. The van der Waals surface area contributed by atoms with Crippen LogP contribution in [0.2, 0.25) is 0 Å². The van der Waals surface area contributed by atoms with Crippen LogP contribution >= 0.6 is 0 Å². The standard InChI is InChI=1S/C17H30N2O/c1-6-7-8-20-17-10-15(12-18-11-13(2)3)9-16(19-17)14(4)5/h9-10,13-14,18H,6-8,11-12H2,1-5H3. The molecule has 0 atom stereocenters. The molecule has 114 valence electrons. The minimum Gasteiger partial charge on any atom is -0.478 e. The van der Waals surface area contributed by atoms with Gasteiger partial charge in [-0.3, -0.25) is 0 Å². The maximum absolute atomic E-state index is 5.77. The van der Waals surface area contributed by atoms with E-state index >= 15 is 0 Å². The monoisotopic (exact) mass is 278 g/mol. The Morgan fingerprint density at radius 2 is 1.95 bits per heavy atom. The number of unbranched alkanes of at least 4 members (excludes halogenated alkanes) is 1. The third-order valence-electron chi connectivity index (χ3n) is 3.10. The lowest BCUT2D eigenvalue weighted by atomic mass is 10.1. The normalized spacial score (nSPS) is 11.3. The van der Waals surface area contributed by atoms with Crippen LogP contribution in [0.15, 0.2) is 12.1 Å². The highest BCUT2D eigenvalue weighted by Crippen LogP contribution is 2.19. The second-order valence-electron chi connectivity index (χ2n) is 6.12. The van der Waals surface area contributed by atoms with Gasteiger partial charge in [-0.1, -0.05) is 41.0 Å². The summed E-state index contributed by atoms with van der Waals surface area (Å²) in [6, 6.07) is 4.25. The molecule has 0 radical (unpaired) electrons. The van der Waals surface area contributed by atoms with Crippen molar-refractivity contribution in [2.75, 3.05) is 13.2 Å². The van der Waals surface area contributed by atoms with Gasteiger partial charge in [-0.05, 0) is 36.4 Å². The zero-order valence-corrected chi connectivity index (χ0v) is 13.7. The molecule has 1 aromatic heterocycles. The summed E-state index contributed by atoms with van der Waals surface area (Å²) in [6.07, 6.45) is 2.22. The summed E-state index contributed by atoms with van der Waals surface area (Å²) in [6.45, 7) is 13.6. The molecule has 0 aliphatic heterocycles. The van der Waals surface area contributed by atoms with Crippen LogP contribution in [0.5, 0.6) is 5.88 Å². The maximum atomic E-state index is 5.77. The van der Waals surface area contributed by atoms with E-state index < -0.39 is 0 Å². The first-order chi connectivity index (χ1) is 9.52. The fourth-order valence-corrected chi connectivity index (χ4v) is 1.88. The molecule has 0 unspecified atom stereocenters. The Bertz CT molecular complexity index is 389. The van der Waals surface area contributed by atoms with Crippen molar-refractivity contribution >= 4 is 0 Å². The smallest absolute Gasteiger partial charge is 0.213 e. The molecule has 0 saturated carbocycles. The molecule has 0 bridgehead atoms. The lowest BCUT2D eigenvalue weighted by Gasteiger charge is -2.13. The van der Waals surface area contributed by atoms with Gasteiger partial charge in [0, 0.05) is 18.3 Å². The highest BCUT2D eigenvalue weighted by atomic mass is 16.5. The Labute approximate surface area is 124 Å². The third-order valence-corrected chi connectivity index (χ3v) is 3.10. The summed E-state index contributed by atoms with van der Waals surface area (Å²) in [7, 11) is 0. The predicted molar refractivity (Wildman–Crippen MR) is 85.3 cm³/mol. The highest BCUT2D eigenvalue weighted by Gasteiger charge is 2.07. The molecule has 0 aliphatic carbocycles. The lowest BCUT2D eigenvalue weighted by Crippen LogP contribution is -2.19. The fourth-order valence-electron chi connectivity index (χ4n) is 1.88. The van der Waals surface area contributed by atoms with Crippen molar-refractivity contribution in [2.24, 2.45) is 5.92 Å². The van der Waals surface area contributed by atoms with Gasteiger partial charge in [-0.25, -0.2) is 4.98 Å². The number of aromatic nitrogens is 1. The van der Waals surface area contributed by atoms with Crippen LogP contribution in [0.25, 0.3) is 0 Å². The van der Waals surface area contributed by atoms with Crippen molar-refractivity contribution in [3.05, 3.63) is 23.4 Å². The number of nitrogens with one attached hydrogen (secondary N) is 1. The summed E-state index contributed by atoms with van der Waals surface area (Å²) in [5, 5.41) is 3.48. The quantitative estimate of drug-likeness (QED) is 0.690. The van der Waals surface area contributed by atoms with E-state index in [1.165, 1.54) is 5.56 Å². The first-order valence-corrected chi connectivity index (χ1v) is 7.87. The third kappa shape index (κ3) is 6.38. The van der Waals surface area contributed by atoms with Crippen molar-refractivity contribution in [3.63, 3.8) is 0 Å². The molecule has 0 fully saturated rings. The first-order valence-electron chi connectivity index (χ1n) is 7.87. The van der Waals surface area contributed by atoms with Crippen molar-refractivity contribution < 1.29 is 4.74 Å². The van der Waals surface area contributed by atoms with Crippen molar-refractivity contribution in [3.8, 4) is 5.88 Å². The molecular formula is C17H30N2O. The van der Waals surface area contributed by atoms with E-state index in [-0.39, 0.29) is 0 Å². The number of hydrogen-bond donors (Lipinski definition) is 1. The molecule has 1 rings (SSSR count). The first kappa shape index (κ1) is 17.0. The van der Waals surface area contributed by atoms with Gasteiger partial charge >= 0.3 is 0 Å². The Balaban J connectivity index is 2.71. The summed E-state index contributed by atoms with van der Waals surface area (Å²) in [4.78, 5) is 4.60. The Morgan fingerprint density at radius 3 is 2.55 bits per heavy atom. The molecular weight excluding hydrogens is 248 g/mol. The minimum atomic E-state index is 0.425. The Hall–Kier alpha value is -1.09. The molecule has 1 N–H and O–H groups in total. The number of ether oxygens (including phenoxy) is 1. The van der Waals surface area contributed by atoms with Crippen LogP contribution in [0.1, 0.15) is 64.6 Å². The Morgan fingerprint density at radius 1 is 1.20 bits per heavy atom. The van der Waals surface area contributed by atoms with Crippen LogP contribution in [-0.2, 0) is 6.54 Å². The van der Waals surface area contributed by atoms with Crippen molar-refractivity contribution in [1.29, 1.82) is 0 Å². The lowest BCUT2D eigenvalue weighted by molar-refractivity contribution is 0.296. The molecule has 0 aromatic carbocycles. The number of rotatable bonds is 9. The van der Waals surface area contributed by atoms with E-state index in [0.717, 1.165) is 44.1 Å². The van der Waals surface area contributed by atoms with Crippen molar-refractivity contribution in [1.82, 2.24) is 10.3 Å². The van der Waals surface area contributed by atoms with Gasteiger partial charge in [-0.15, -0.1) is 0 Å². The van der Waals surface area contributed by atoms with Crippen LogP contribution in [0, 0.1) is 5.92 Å². The molecule has 0 aliphatic rings. The van der Waals surface area contributed by atoms with Gasteiger partial charge in [0.15, 0.2) is 0 Å². The molecule has 0 spiro atoms. The van der Waals surface area contributed by atoms with Gasteiger partial charge in [-0.2, -0.15) is 0 Å². The maximum Gasteiger partial charge on any atom is 0.213 e. The zero-order valence-electron chi connectivity index (χ0n) is 13.7. The van der Waals surface area contributed by atoms with E-state index in [4.69, 9.17) is 4.74 Å². The number of hydrogen-bond acceptors (Lipinski definition) is 3. The van der Waals surface area contributed by atoms with E-state index in [9.17, 15) is 0 Å². The molecule has 0 amide bonds. The molecule has 1 heterocycles. The fraction of sp³-hybridized carbons (Fsp3) is 0.706. The summed E-state index contributed by atoms with van der Waals surface area (Å²) < 4.78 is 5.77. The van der Waals surface area contributed by atoms with E-state index in [1.807, 2.05) is 0 Å². The minimum absolute atomic E-state index is 0.425. The second-order valence-corrected chi connectivity index (χ2v) is 6.12. The van der Waals surface area contributed by atoms with Crippen LogP contribution in [0.4, 0.5) is 0 Å². The summed E-state index contributed by atoms with van der Waals surface area (Å²) >= 11 is 0. The van der Waals surface area contributed by atoms with E-state index in [1.54, 1.807) is 0 Å².